The van der Waals surface area contributed by atoms with Crippen molar-refractivity contribution in [3.05, 3.63) is 90.3 Å². The molecule has 0 atom stereocenters. The molecule has 168 valence electrons. The van der Waals surface area contributed by atoms with Crippen LogP contribution in [0.15, 0.2) is 79.1 Å². The minimum atomic E-state index is -4.68. The van der Waals surface area contributed by atoms with Crippen LogP contribution in [0.3, 0.4) is 0 Å². The van der Waals surface area contributed by atoms with E-state index >= 15 is 0 Å². The number of carbonyl (C=O) groups is 1. The Labute approximate surface area is 187 Å². The summed E-state index contributed by atoms with van der Waals surface area (Å²) in [4.78, 5) is 14.8. The highest BCUT2D eigenvalue weighted by Gasteiger charge is 2.35. The first-order valence-corrected chi connectivity index (χ1v) is 10.00. The van der Waals surface area contributed by atoms with Gasteiger partial charge in [-0.1, -0.05) is 24.3 Å². The highest BCUT2D eigenvalue weighted by atomic mass is 19.4. The standard InChI is InChI=1S/C25H18F3NO4/c26-25(27,28)21-14-19(32-22-6-2-4-17-15-29-12-11-20(17)22)8-9-23(21)33-18-5-1-3-16(13-18)7-10-24(30)31/h1-6,8-9,11-15H,7,10H2,(H,30,31). The largest absolute Gasteiger partial charge is 0.481 e. The van der Waals surface area contributed by atoms with Gasteiger partial charge in [0.15, 0.2) is 0 Å². The van der Waals surface area contributed by atoms with Crippen molar-refractivity contribution < 1.29 is 32.5 Å². The van der Waals surface area contributed by atoms with Gasteiger partial charge in [-0.2, -0.15) is 13.2 Å². The molecule has 0 aliphatic heterocycles. The molecular formula is C25H18F3NO4. The maximum Gasteiger partial charge on any atom is 0.420 e. The average molecular weight is 453 g/mol. The number of carboxylic acids is 1. The number of aromatic nitrogens is 1. The summed E-state index contributed by atoms with van der Waals surface area (Å²) in [5.41, 5.74) is -0.341. The molecule has 0 aliphatic rings. The van der Waals surface area contributed by atoms with Crippen LogP contribution in [0.2, 0.25) is 0 Å². The zero-order valence-corrected chi connectivity index (χ0v) is 17.2. The summed E-state index contributed by atoms with van der Waals surface area (Å²) >= 11 is 0. The van der Waals surface area contributed by atoms with E-state index in [-0.39, 0.29) is 30.1 Å². The molecule has 1 aromatic heterocycles. The molecule has 0 saturated carbocycles. The normalized spacial score (nSPS) is 11.4. The van der Waals surface area contributed by atoms with Crippen molar-refractivity contribution in [1.82, 2.24) is 4.98 Å². The molecule has 3 aromatic carbocycles. The highest BCUT2D eigenvalue weighted by Crippen LogP contribution is 2.41. The van der Waals surface area contributed by atoms with E-state index in [0.29, 0.717) is 11.3 Å². The minimum absolute atomic E-state index is 0.00851. The maximum atomic E-state index is 13.8. The molecule has 0 aliphatic carbocycles. The lowest BCUT2D eigenvalue weighted by Crippen LogP contribution is -2.07. The molecule has 0 bridgehead atoms. The fraction of sp³-hybridized carbons (Fsp3) is 0.120. The second-order valence-corrected chi connectivity index (χ2v) is 7.25. The second-order valence-electron chi connectivity index (χ2n) is 7.25. The molecule has 0 saturated heterocycles. The number of hydrogen-bond donors (Lipinski definition) is 1. The lowest BCUT2D eigenvalue weighted by atomic mass is 10.1. The van der Waals surface area contributed by atoms with Crippen LogP contribution in [0.1, 0.15) is 17.5 Å². The number of ether oxygens (including phenoxy) is 2. The lowest BCUT2D eigenvalue weighted by molar-refractivity contribution is -0.139. The van der Waals surface area contributed by atoms with Crippen LogP contribution < -0.4 is 9.47 Å². The zero-order valence-electron chi connectivity index (χ0n) is 17.2. The first kappa shape index (κ1) is 22.1. The molecule has 33 heavy (non-hydrogen) atoms. The molecule has 0 spiro atoms. The van der Waals surface area contributed by atoms with Gasteiger partial charge in [0.25, 0.3) is 0 Å². The number of benzene rings is 3. The quantitative estimate of drug-likeness (QED) is 0.331. The van der Waals surface area contributed by atoms with E-state index in [1.54, 1.807) is 42.7 Å². The zero-order chi connectivity index (χ0) is 23.4. The smallest absolute Gasteiger partial charge is 0.420 e. The van der Waals surface area contributed by atoms with E-state index in [1.165, 1.54) is 24.3 Å². The van der Waals surface area contributed by atoms with Gasteiger partial charge in [0, 0.05) is 29.6 Å². The number of alkyl halides is 3. The third-order valence-electron chi connectivity index (χ3n) is 4.88. The fourth-order valence-corrected chi connectivity index (χ4v) is 3.33. The molecule has 0 amide bonds. The van der Waals surface area contributed by atoms with Gasteiger partial charge in [-0.25, -0.2) is 0 Å². The molecule has 4 rings (SSSR count). The monoisotopic (exact) mass is 453 g/mol. The number of carboxylic acid groups (broad SMARTS) is 1. The topological polar surface area (TPSA) is 68.7 Å². The van der Waals surface area contributed by atoms with Gasteiger partial charge in [0.1, 0.15) is 28.6 Å². The molecular weight excluding hydrogens is 435 g/mol. The number of aliphatic carboxylic acids is 1. The lowest BCUT2D eigenvalue weighted by Gasteiger charge is -2.16. The first-order valence-electron chi connectivity index (χ1n) is 10.00. The summed E-state index contributed by atoms with van der Waals surface area (Å²) in [5.74, 6) is -0.748. The number of nitrogens with zero attached hydrogens (tertiary/aromatic N) is 1. The number of aryl methyl sites for hydroxylation is 1. The average Bonchev–Trinajstić information content (AvgIpc) is 2.78. The Morgan fingerprint density at radius 1 is 0.909 bits per heavy atom. The van der Waals surface area contributed by atoms with Gasteiger partial charge < -0.3 is 14.6 Å². The summed E-state index contributed by atoms with van der Waals surface area (Å²) in [5, 5.41) is 10.3. The summed E-state index contributed by atoms with van der Waals surface area (Å²) in [6.45, 7) is 0. The van der Waals surface area contributed by atoms with E-state index in [4.69, 9.17) is 14.6 Å². The van der Waals surface area contributed by atoms with E-state index in [0.717, 1.165) is 16.8 Å². The Morgan fingerprint density at radius 3 is 2.45 bits per heavy atom. The van der Waals surface area contributed by atoms with Gasteiger partial charge >= 0.3 is 12.1 Å². The Hall–Kier alpha value is -4.07. The number of fused-ring (bicyclic) bond motifs is 1. The van der Waals surface area contributed by atoms with Gasteiger partial charge in [-0.3, -0.25) is 9.78 Å². The highest BCUT2D eigenvalue weighted by molar-refractivity contribution is 5.87. The third kappa shape index (κ3) is 5.41. The summed E-state index contributed by atoms with van der Waals surface area (Å²) in [6.07, 6.45) is -1.31. The van der Waals surface area contributed by atoms with Crippen molar-refractivity contribution >= 4 is 16.7 Å². The molecule has 8 heteroatoms. The van der Waals surface area contributed by atoms with Crippen molar-refractivity contribution in [1.29, 1.82) is 0 Å². The van der Waals surface area contributed by atoms with E-state index in [2.05, 4.69) is 4.98 Å². The van der Waals surface area contributed by atoms with Crippen LogP contribution in [-0.4, -0.2) is 16.1 Å². The van der Waals surface area contributed by atoms with E-state index < -0.39 is 17.7 Å². The second kappa shape index (κ2) is 9.20. The summed E-state index contributed by atoms with van der Waals surface area (Å²) < 4.78 is 52.7. The third-order valence-corrected chi connectivity index (χ3v) is 4.88. The van der Waals surface area contributed by atoms with Gasteiger partial charge in [0.05, 0.1) is 0 Å². The predicted molar refractivity (Wildman–Crippen MR) is 116 cm³/mol. The number of halogens is 3. The number of hydrogen-bond acceptors (Lipinski definition) is 4. The Kier molecular flexibility index (Phi) is 6.17. The molecule has 4 aromatic rings. The molecule has 0 radical (unpaired) electrons. The number of pyridine rings is 1. The van der Waals surface area contributed by atoms with Crippen molar-refractivity contribution in [2.45, 2.75) is 19.0 Å². The van der Waals surface area contributed by atoms with Gasteiger partial charge in [0.2, 0.25) is 0 Å². The van der Waals surface area contributed by atoms with Gasteiger partial charge in [-0.15, -0.1) is 0 Å². The van der Waals surface area contributed by atoms with Crippen LogP contribution >= 0.6 is 0 Å². The van der Waals surface area contributed by atoms with Crippen LogP contribution in [-0.2, 0) is 17.4 Å². The minimum Gasteiger partial charge on any atom is -0.481 e. The predicted octanol–water partition coefficient (Wildman–Crippen LogP) is 6.86. The van der Waals surface area contributed by atoms with Crippen molar-refractivity contribution in [2.24, 2.45) is 0 Å². The molecule has 1 heterocycles. The van der Waals surface area contributed by atoms with E-state index in [9.17, 15) is 18.0 Å². The van der Waals surface area contributed by atoms with Gasteiger partial charge in [-0.05, 0) is 54.4 Å². The SMILES string of the molecule is O=C(O)CCc1cccc(Oc2ccc(Oc3cccc4cnccc34)cc2C(F)(F)F)c1. The van der Waals surface area contributed by atoms with Crippen molar-refractivity contribution in [3.63, 3.8) is 0 Å². The van der Waals surface area contributed by atoms with Crippen molar-refractivity contribution in [2.75, 3.05) is 0 Å². The Morgan fingerprint density at radius 2 is 1.67 bits per heavy atom. The van der Waals surface area contributed by atoms with Crippen LogP contribution in [0.4, 0.5) is 13.2 Å². The maximum absolute atomic E-state index is 13.8. The van der Waals surface area contributed by atoms with Crippen molar-refractivity contribution in [3.8, 4) is 23.0 Å². The molecule has 0 unspecified atom stereocenters. The first-order chi connectivity index (χ1) is 15.8. The van der Waals surface area contributed by atoms with Crippen LogP contribution in [0, 0.1) is 0 Å². The van der Waals surface area contributed by atoms with Crippen LogP contribution in [0.5, 0.6) is 23.0 Å². The molecule has 5 nitrogen and oxygen atoms in total. The summed E-state index contributed by atoms with van der Waals surface area (Å²) in [6, 6.07) is 16.8. The Bertz CT molecular complexity index is 1300. The van der Waals surface area contributed by atoms with Crippen LogP contribution in [0.25, 0.3) is 10.8 Å². The summed E-state index contributed by atoms with van der Waals surface area (Å²) in [7, 11) is 0. The Balaban J connectivity index is 1.63. The molecule has 1 N–H and O–H groups in total. The van der Waals surface area contributed by atoms with E-state index in [1.807, 2.05) is 6.07 Å². The number of rotatable bonds is 7. The molecule has 0 fully saturated rings. The fourth-order valence-electron chi connectivity index (χ4n) is 3.33.